The molecular formula is C26H29FO. The van der Waals surface area contributed by atoms with Gasteiger partial charge in [0.2, 0.25) is 0 Å². The first-order valence-corrected chi connectivity index (χ1v) is 9.61. The Kier molecular flexibility index (Phi) is 10.9. The summed E-state index contributed by atoms with van der Waals surface area (Å²) in [7, 11) is 0.500. The predicted octanol–water partition coefficient (Wildman–Crippen LogP) is 7.48. The number of allylic oxidation sites excluding steroid dienone is 1. The summed E-state index contributed by atoms with van der Waals surface area (Å²) in [5, 5.41) is 0. The minimum Gasteiger partial charge on any atom is -0.298 e. The lowest BCUT2D eigenvalue weighted by Crippen LogP contribution is -1.95. The van der Waals surface area contributed by atoms with Crippen LogP contribution in [-0.4, -0.2) is 13.5 Å². The molecule has 0 radical (unpaired) electrons. The number of hydrogen-bond acceptors (Lipinski definition) is 1. The Morgan fingerprint density at radius 1 is 0.714 bits per heavy atom. The number of benzene rings is 3. The van der Waals surface area contributed by atoms with Gasteiger partial charge >= 0.3 is 0 Å². The maximum Gasteiger partial charge on any atom is 0.150 e. The first kappa shape index (κ1) is 23.0. The molecule has 3 aromatic rings. The highest BCUT2D eigenvalue weighted by molar-refractivity contribution is 5.98. The Morgan fingerprint density at radius 3 is 1.57 bits per heavy atom. The van der Waals surface area contributed by atoms with Crippen molar-refractivity contribution in [2.75, 3.05) is 7.18 Å². The second-order valence-corrected chi connectivity index (χ2v) is 5.68. The van der Waals surface area contributed by atoms with Gasteiger partial charge in [-0.3, -0.25) is 9.18 Å². The Hall–Kier alpha value is -3.00. The van der Waals surface area contributed by atoms with E-state index in [1.54, 1.807) is 0 Å². The van der Waals surface area contributed by atoms with Crippen molar-refractivity contribution in [3.8, 4) is 0 Å². The highest BCUT2D eigenvalue weighted by atomic mass is 19.1. The zero-order chi connectivity index (χ0) is 20.8. The molecule has 0 N–H and O–H groups in total. The molecule has 0 aromatic heterocycles. The molecule has 146 valence electrons. The number of alkyl halides is 1. The molecule has 0 amide bonds. The molecule has 3 rings (SSSR count). The summed E-state index contributed by atoms with van der Waals surface area (Å²) in [5.41, 5.74) is 6.79. The molecule has 0 aliphatic rings. The summed E-state index contributed by atoms with van der Waals surface area (Å²) in [6.07, 6.45) is 1.82. The molecule has 0 spiro atoms. The number of carbonyl (C=O) groups excluding carboxylic acids is 1. The Labute approximate surface area is 168 Å². The largest absolute Gasteiger partial charge is 0.298 e. The summed E-state index contributed by atoms with van der Waals surface area (Å²) < 4.78 is 9.50. The fourth-order valence-corrected chi connectivity index (χ4v) is 3.01. The minimum absolute atomic E-state index is 0.500. The second kappa shape index (κ2) is 13.2. The fourth-order valence-electron chi connectivity index (χ4n) is 3.01. The molecule has 0 saturated heterocycles. The van der Waals surface area contributed by atoms with E-state index in [0.717, 1.165) is 18.3 Å². The molecule has 28 heavy (non-hydrogen) atoms. The fraction of sp³-hybridized carbons (Fsp3) is 0.192. The Bertz CT molecular complexity index is 835. The van der Waals surface area contributed by atoms with Crippen LogP contribution in [0.25, 0.3) is 11.1 Å². The van der Waals surface area contributed by atoms with E-state index >= 15 is 0 Å². The lowest BCUT2D eigenvalue weighted by atomic mass is 9.88. The van der Waals surface area contributed by atoms with Crippen LogP contribution in [0.5, 0.6) is 0 Å². The molecule has 0 aliphatic carbocycles. The van der Waals surface area contributed by atoms with E-state index in [9.17, 15) is 9.18 Å². The van der Waals surface area contributed by atoms with E-state index in [1.165, 1.54) is 22.3 Å². The van der Waals surface area contributed by atoms with Crippen LogP contribution in [0.4, 0.5) is 4.39 Å². The van der Waals surface area contributed by atoms with Crippen molar-refractivity contribution in [1.82, 2.24) is 0 Å². The van der Waals surface area contributed by atoms with Crippen LogP contribution in [-0.2, 0) is 0 Å². The third kappa shape index (κ3) is 6.02. The van der Waals surface area contributed by atoms with E-state index in [1.807, 2.05) is 50.2 Å². The third-order valence-electron chi connectivity index (χ3n) is 4.18. The van der Waals surface area contributed by atoms with Crippen LogP contribution in [0, 0.1) is 0 Å². The van der Waals surface area contributed by atoms with Crippen molar-refractivity contribution in [3.05, 3.63) is 107 Å². The van der Waals surface area contributed by atoms with Gasteiger partial charge in [-0.25, -0.2) is 0 Å². The van der Waals surface area contributed by atoms with Gasteiger partial charge in [0.15, 0.2) is 0 Å². The number of aldehydes is 1. The normalized spacial score (nSPS) is 10.5. The topological polar surface area (TPSA) is 17.1 Å². The van der Waals surface area contributed by atoms with Crippen molar-refractivity contribution in [2.45, 2.75) is 27.2 Å². The average molecular weight is 377 g/mol. The van der Waals surface area contributed by atoms with Gasteiger partial charge in [0.25, 0.3) is 0 Å². The van der Waals surface area contributed by atoms with Crippen LogP contribution in [0.1, 0.15) is 54.2 Å². The average Bonchev–Trinajstić information content (AvgIpc) is 2.81. The van der Waals surface area contributed by atoms with E-state index in [0.29, 0.717) is 12.7 Å². The lowest BCUT2D eigenvalue weighted by molar-refractivity contribution is 0.112. The van der Waals surface area contributed by atoms with Crippen LogP contribution in [0.3, 0.4) is 0 Å². The van der Waals surface area contributed by atoms with Gasteiger partial charge < -0.3 is 0 Å². The molecule has 1 nitrogen and oxygen atoms in total. The Balaban J connectivity index is 0.000000921. The van der Waals surface area contributed by atoms with Crippen molar-refractivity contribution in [1.29, 1.82) is 0 Å². The lowest BCUT2D eigenvalue weighted by Gasteiger charge is -2.16. The quantitative estimate of drug-likeness (QED) is 0.333. The molecule has 2 heteroatoms. The van der Waals surface area contributed by atoms with Crippen molar-refractivity contribution >= 4 is 17.4 Å². The van der Waals surface area contributed by atoms with Gasteiger partial charge in [-0.05, 0) is 34.3 Å². The summed E-state index contributed by atoms with van der Waals surface area (Å²) in [4.78, 5) is 11.0. The molecule has 0 saturated carbocycles. The monoisotopic (exact) mass is 376 g/mol. The Morgan fingerprint density at radius 2 is 1.14 bits per heavy atom. The summed E-state index contributed by atoms with van der Waals surface area (Å²) in [6.45, 7) is 6.19. The van der Waals surface area contributed by atoms with Crippen LogP contribution >= 0.6 is 0 Å². The van der Waals surface area contributed by atoms with Gasteiger partial charge in [-0.1, -0.05) is 106 Å². The highest BCUT2D eigenvalue weighted by Crippen LogP contribution is 2.34. The second-order valence-electron chi connectivity index (χ2n) is 5.68. The maximum absolute atomic E-state index is 11.0. The summed E-state index contributed by atoms with van der Waals surface area (Å²) in [6, 6.07) is 28.8. The molecule has 0 bridgehead atoms. The van der Waals surface area contributed by atoms with Crippen molar-refractivity contribution in [2.24, 2.45) is 0 Å². The molecule has 3 aromatic carbocycles. The van der Waals surface area contributed by atoms with Crippen LogP contribution in [0.2, 0.25) is 0 Å². The van der Waals surface area contributed by atoms with E-state index in [2.05, 4.69) is 55.5 Å². The standard InChI is InChI=1S/C23H20O.C2H6.CH3F/c1-2-22(19-9-5-3-6-10-19)23(20-11-7-4-8-12-20)21-15-13-18(17-24)14-16-21;2*1-2/h3-17H,2H2,1H3;1-2H3;1H3/b23-22-;;. The third-order valence-corrected chi connectivity index (χ3v) is 4.18. The van der Waals surface area contributed by atoms with Crippen LogP contribution < -0.4 is 0 Å². The van der Waals surface area contributed by atoms with E-state index in [4.69, 9.17) is 0 Å². The van der Waals surface area contributed by atoms with Gasteiger partial charge in [0, 0.05) is 5.56 Å². The minimum atomic E-state index is 0.500. The van der Waals surface area contributed by atoms with Crippen molar-refractivity contribution < 1.29 is 9.18 Å². The molecule has 0 fully saturated rings. The zero-order valence-corrected chi connectivity index (χ0v) is 17.2. The molecule has 0 aliphatic heterocycles. The number of hydrogen-bond donors (Lipinski definition) is 0. The molecule has 0 unspecified atom stereocenters. The first-order chi connectivity index (χ1) is 13.8. The van der Waals surface area contributed by atoms with Gasteiger partial charge in [0.05, 0.1) is 7.18 Å². The van der Waals surface area contributed by atoms with E-state index in [-0.39, 0.29) is 0 Å². The number of halogens is 1. The molecule has 0 heterocycles. The summed E-state index contributed by atoms with van der Waals surface area (Å²) in [5.74, 6) is 0. The SMILES string of the molecule is CC.CC/C(=C(\c1ccccc1)c1ccc(C=O)cc1)c1ccccc1.CF. The molecular weight excluding hydrogens is 347 g/mol. The highest BCUT2D eigenvalue weighted by Gasteiger charge is 2.12. The van der Waals surface area contributed by atoms with Gasteiger partial charge in [-0.2, -0.15) is 0 Å². The zero-order valence-electron chi connectivity index (χ0n) is 17.2. The number of rotatable bonds is 5. The maximum atomic E-state index is 11.0. The predicted molar refractivity (Wildman–Crippen MR) is 119 cm³/mol. The molecule has 0 atom stereocenters. The van der Waals surface area contributed by atoms with Gasteiger partial charge in [0.1, 0.15) is 6.29 Å². The number of carbonyl (C=O) groups is 1. The van der Waals surface area contributed by atoms with Crippen LogP contribution in [0.15, 0.2) is 84.9 Å². The van der Waals surface area contributed by atoms with Gasteiger partial charge in [-0.15, -0.1) is 0 Å². The summed E-state index contributed by atoms with van der Waals surface area (Å²) >= 11 is 0. The van der Waals surface area contributed by atoms with Crippen molar-refractivity contribution in [3.63, 3.8) is 0 Å². The smallest absolute Gasteiger partial charge is 0.150 e. The van der Waals surface area contributed by atoms with E-state index < -0.39 is 0 Å². The first-order valence-electron chi connectivity index (χ1n) is 9.61.